The number of likely N-dealkylation sites (tertiary alicyclic amines) is 1. The summed E-state index contributed by atoms with van der Waals surface area (Å²) in [5.41, 5.74) is 3.75. The summed E-state index contributed by atoms with van der Waals surface area (Å²) in [7, 11) is 0. The molecule has 3 fully saturated rings. The second kappa shape index (κ2) is 8.83. The van der Waals surface area contributed by atoms with Gasteiger partial charge in [0.25, 0.3) is 11.8 Å². The van der Waals surface area contributed by atoms with Crippen molar-refractivity contribution >= 4 is 11.8 Å². The van der Waals surface area contributed by atoms with Crippen LogP contribution >= 0.6 is 0 Å². The van der Waals surface area contributed by atoms with Gasteiger partial charge in [0, 0.05) is 36.3 Å². The van der Waals surface area contributed by atoms with Crippen molar-refractivity contribution in [1.29, 1.82) is 0 Å². The molecule has 2 aliphatic carbocycles. The summed E-state index contributed by atoms with van der Waals surface area (Å²) in [5.74, 6) is 0.111. The molecule has 0 bridgehead atoms. The van der Waals surface area contributed by atoms with Gasteiger partial charge < -0.3 is 10.2 Å². The van der Waals surface area contributed by atoms with Crippen LogP contribution < -0.4 is 5.32 Å². The quantitative estimate of drug-likeness (QED) is 0.707. The molecule has 0 spiro atoms. The van der Waals surface area contributed by atoms with Gasteiger partial charge in [-0.05, 0) is 87.0 Å². The van der Waals surface area contributed by atoms with Crippen LogP contribution in [-0.2, 0) is 13.1 Å². The first-order valence-corrected chi connectivity index (χ1v) is 11.7. The first-order valence-electron chi connectivity index (χ1n) is 11.7. The molecule has 5 heteroatoms. The third kappa shape index (κ3) is 5.16. The number of carbonyl (C=O) groups is 2. The molecule has 0 radical (unpaired) electrons. The first-order chi connectivity index (χ1) is 15.2. The molecule has 0 aromatic heterocycles. The molecule has 1 saturated heterocycles. The lowest BCUT2D eigenvalue weighted by molar-refractivity contribution is 0.0729. The van der Waals surface area contributed by atoms with E-state index in [2.05, 4.69) is 22.3 Å². The predicted octanol–water partition coefficient (Wildman–Crippen LogP) is 3.98. The summed E-state index contributed by atoms with van der Waals surface area (Å²) in [4.78, 5) is 30.1. The number of rotatable bonds is 8. The fourth-order valence-corrected chi connectivity index (χ4v) is 4.38. The van der Waals surface area contributed by atoms with Crippen molar-refractivity contribution in [3.05, 3.63) is 70.8 Å². The van der Waals surface area contributed by atoms with Gasteiger partial charge in [-0.15, -0.1) is 0 Å². The summed E-state index contributed by atoms with van der Waals surface area (Å²) in [6, 6.07) is 16.5. The molecule has 5 nitrogen and oxygen atoms in total. The maximum absolute atomic E-state index is 13.4. The van der Waals surface area contributed by atoms with Crippen LogP contribution in [0.15, 0.2) is 48.5 Å². The molecule has 2 amide bonds. The molecular formula is C26H31N3O2. The molecule has 31 heavy (non-hydrogen) atoms. The Labute approximate surface area is 184 Å². The van der Waals surface area contributed by atoms with Crippen LogP contribution in [0.25, 0.3) is 0 Å². The monoisotopic (exact) mass is 417 g/mol. The minimum atomic E-state index is -0.000933. The first kappa shape index (κ1) is 20.3. The van der Waals surface area contributed by atoms with Crippen LogP contribution in [0, 0.1) is 0 Å². The van der Waals surface area contributed by atoms with E-state index in [1.807, 2.05) is 41.3 Å². The molecule has 2 aromatic rings. The Balaban J connectivity index is 1.26. The fraction of sp³-hybridized carbons (Fsp3) is 0.462. The van der Waals surface area contributed by atoms with Crippen LogP contribution in [0.1, 0.15) is 70.4 Å². The molecule has 0 unspecified atom stereocenters. The van der Waals surface area contributed by atoms with E-state index in [0.717, 1.165) is 56.4 Å². The van der Waals surface area contributed by atoms with Crippen molar-refractivity contribution in [2.24, 2.45) is 0 Å². The molecular weight excluding hydrogens is 386 g/mol. The molecule has 3 aliphatic rings. The van der Waals surface area contributed by atoms with Gasteiger partial charge in [-0.3, -0.25) is 14.5 Å². The average molecular weight is 418 g/mol. The van der Waals surface area contributed by atoms with E-state index in [-0.39, 0.29) is 11.8 Å². The highest BCUT2D eigenvalue weighted by atomic mass is 16.2. The highest BCUT2D eigenvalue weighted by Crippen LogP contribution is 2.30. The van der Waals surface area contributed by atoms with E-state index in [1.165, 1.54) is 18.4 Å². The molecule has 162 valence electrons. The number of hydrogen-bond donors (Lipinski definition) is 1. The van der Waals surface area contributed by atoms with Crippen LogP contribution in [-0.4, -0.2) is 46.8 Å². The van der Waals surface area contributed by atoms with E-state index in [4.69, 9.17) is 0 Å². The molecule has 1 aliphatic heterocycles. The Bertz CT molecular complexity index is 941. The van der Waals surface area contributed by atoms with Gasteiger partial charge in [-0.1, -0.05) is 24.3 Å². The lowest BCUT2D eigenvalue weighted by Gasteiger charge is -2.23. The number of amides is 2. The lowest BCUT2D eigenvalue weighted by atomic mass is 10.1. The number of benzene rings is 2. The van der Waals surface area contributed by atoms with Crippen molar-refractivity contribution < 1.29 is 9.59 Å². The smallest absolute Gasteiger partial charge is 0.254 e. The Morgan fingerprint density at radius 1 is 0.903 bits per heavy atom. The van der Waals surface area contributed by atoms with E-state index in [0.29, 0.717) is 24.2 Å². The number of carbonyl (C=O) groups excluding carboxylic acids is 2. The van der Waals surface area contributed by atoms with Gasteiger partial charge in [0.05, 0.1) is 0 Å². The summed E-state index contributed by atoms with van der Waals surface area (Å²) >= 11 is 0. The largest absolute Gasteiger partial charge is 0.349 e. The fourth-order valence-electron chi connectivity index (χ4n) is 4.38. The van der Waals surface area contributed by atoms with Crippen molar-refractivity contribution in [3.63, 3.8) is 0 Å². The van der Waals surface area contributed by atoms with Crippen molar-refractivity contribution in [2.45, 2.75) is 63.7 Å². The molecule has 2 saturated carbocycles. The Hall–Kier alpha value is -2.66. The number of nitrogens with zero attached hydrogens (tertiary/aromatic N) is 2. The van der Waals surface area contributed by atoms with E-state index < -0.39 is 0 Å². The Morgan fingerprint density at radius 3 is 2.32 bits per heavy atom. The standard InChI is InChI=1S/C26H31N3O2/c30-25(27-23-10-11-23)21-8-6-19(7-9-21)18-29(24-12-13-24)26(31)22-5-3-4-20(16-22)17-28-14-1-2-15-28/h3-9,16,23-24H,1-2,10-15,17-18H2,(H,27,30). The second-order valence-corrected chi connectivity index (χ2v) is 9.29. The van der Waals surface area contributed by atoms with Gasteiger partial charge in [-0.2, -0.15) is 0 Å². The van der Waals surface area contributed by atoms with E-state index in [9.17, 15) is 9.59 Å². The predicted molar refractivity (Wildman–Crippen MR) is 121 cm³/mol. The third-order valence-electron chi connectivity index (χ3n) is 6.51. The third-order valence-corrected chi connectivity index (χ3v) is 6.51. The van der Waals surface area contributed by atoms with Crippen LogP contribution in [0.5, 0.6) is 0 Å². The highest BCUT2D eigenvalue weighted by Gasteiger charge is 2.33. The van der Waals surface area contributed by atoms with Gasteiger partial charge in [0.2, 0.25) is 0 Å². The van der Waals surface area contributed by atoms with Gasteiger partial charge in [0.1, 0.15) is 0 Å². The topological polar surface area (TPSA) is 52.7 Å². The maximum atomic E-state index is 13.4. The van der Waals surface area contributed by atoms with Crippen molar-refractivity contribution in [1.82, 2.24) is 15.1 Å². The summed E-state index contributed by atoms with van der Waals surface area (Å²) in [5, 5.41) is 3.02. The second-order valence-electron chi connectivity index (χ2n) is 9.29. The SMILES string of the molecule is O=C(NC1CC1)c1ccc(CN(C(=O)c2cccc(CN3CCCC3)c2)C2CC2)cc1. The van der Waals surface area contributed by atoms with E-state index in [1.54, 1.807) is 0 Å². The molecule has 1 N–H and O–H groups in total. The van der Waals surface area contributed by atoms with Gasteiger partial charge >= 0.3 is 0 Å². The Kier molecular flexibility index (Phi) is 5.77. The minimum Gasteiger partial charge on any atom is -0.349 e. The Morgan fingerprint density at radius 2 is 1.65 bits per heavy atom. The molecule has 5 rings (SSSR count). The summed E-state index contributed by atoms with van der Waals surface area (Å²) < 4.78 is 0. The normalized spacial score (nSPS) is 18.7. The molecule has 2 aromatic carbocycles. The van der Waals surface area contributed by atoms with Crippen molar-refractivity contribution in [3.8, 4) is 0 Å². The van der Waals surface area contributed by atoms with Gasteiger partial charge in [-0.25, -0.2) is 0 Å². The zero-order valence-corrected chi connectivity index (χ0v) is 18.1. The van der Waals surface area contributed by atoms with Crippen molar-refractivity contribution in [2.75, 3.05) is 13.1 Å². The number of hydrogen-bond acceptors (Lipinski definition) is 3. The average Bonchev–Trinajstić information content (AvgIpc) is 3.72. The van der Waals surface area contributed by atoms with E-state index >= 15 is 0 Å². The molecule has 1 heterocycles. The number of nitrogens with one attached hydrogen (secondary N) is 1. The zero-order valence-electron chi connectivity index (χ0n) is 18.1. The van der Waals surface area contributed by atoms with Crippen LogP contribution in [0.3, 0.4) is 0 Å². The summed E-state index contributed by atoms with van der Waals surface area (Å²) in [6.07, 6.45) is 6.86. The molecule has 0 atom stereocenters. The minimum absolute atomic E-state index is 0.000933. The van der Waals surface area contributed by atoms with Crippen LogP contribution in [0.2, 0.25) is 0 Å². The van der Waals surface area contributed by atoms with Crippen LogP contribution in [0.4, 0.5) is 0 Å². The lowest BCUT2D eigenvalue weighted by Crippen LogP contribution is -2.32. The zero-order chi connectivity index (χ0) is 21.2. The maximum Gasteiger partial charge on any atom is 0.254 e. The summed E-state index contributed by atoms with van der Waals surface area (Å²) in [6.45, 7) is 3.82. The highest BCUT2D eigenvalue weighted by molar-refractivity contribution is 5.95. The van der Waals surface area contributed by atoms with Gasteiger partial charge in [0.15, 0.2) is 0 Å².